The van der Waals surface area contributed by atoms with E-state index in [1.54, 1.807) is 0 Å². The SMILES string of the molecule is COC(=O)[C@H]1CC(Sc2ccccc2)[C@]1(C#N)C(=O)OC. The number of hydrogen-bond donors (Lipinski definition) is 0. The normalized spacial score (nSPS) is 27.1. The lowest BCUT2D eigenvalue weighted by atomic mass is 9.60. The second-order valence-corrected chi connectivity index (χ2v) is 5.98. The Labute approximate surface area is 127 Å². The van der Waals surface area contributed by atoms with Crippen molar-refractivity contribution in [3.05, 3.63) is 30.3 Å². The summed E-state index contributed by atoms with van der Waals surface area (Å²) in [7, 11) is 2.47. The molecule has 0 bridgehead atoms. The number of ether oxygens (including phenoxy) is 2. The van der Waals surface area contributed by atoms with Gasteiger partial charge in [-0.25, -0.2) is 0 Å². The van der Waals surface area contributed by atoms with E-state index in [4.69, 9.17) is 9.47 Å². The van der Waals surface area contributed by atoms with E-state index in [0.29, 0.717) is 6.42 Å². The lowest BCUT2D eigenvalue weighted by molar-refractivity contribution is -0.170. The molecule has 0 saturated heterocycles. The summed E-state index contributed by atoms with van der Waals surface area (Å²) >= 11 is 1.41. The second kappa shape index (κ2) is 6.19. The number of esters is 2. The van der Waals surface area contributed by atoms with Crippen LogP contribution in [0.15, 0.2) is 35.2 Å². The van der Waals surface area contributed by atoms with Gasteiger partial charge in [0, 0.05) is 10.1 Å². The molecule has 1 aromatic carbocycles. The number of carbonyl (C=O) groups is 2. The minimum absolute atomic E-state index is 0.332. The third kappa shape index (κ3) is 2.49. The number of thioether (sulfide) groups is 1. The Morgan fingerprint density at radius 3 is 2.48 bits per heavy atom. The molecule has 0 spiro atoms. The van der Waals surface area contributed by atoms with Crippen molar-refractivity contribution >= 4 is 23.7 Å². The molecule has 0 aliphatic heterocycles. The van der Waals surface area contributed by atoms with Gasteiger partial charge in [-0.2, -0.15) is 5.26 Å². The molecule has 0 heterocycles. The molecule has 6 heteroatoms. The lowest BCUT2D eigenvalue weighted by Gasteiger charge is -2.46. The van der Waals surface area contributed by atoms with Crippen LogP contribution in [0, 0.1) is 22.7 Å². The zero-order valence-electron chi connectivity index (χ0n) is 11.7. The molecule has 0 radical (unpaired) electrons. The van der Waals surface area contributed by atoms with Crippen LogP contribution in [0.5, 0.6) is 0 Å². The molecule has 1 aliphatic carbocycles. The Kier molecular flexibility index (Phi) is 4.53. The summed E-state index contributed by atoms with van der Waals surface area (Å²) in [6.07, 6.45) is 0.412. The molecule has 110 valence electrons. The first-order valence-electron chi connectivity index (χ1n) is 6.39. The highest BCUT2D eigenvalue weighted by Gasteiger charge is 2.65. The van der Waals surface area contributed by atoms with E-state index < -0.39 is 23.3 Å². The fraction of sp³-hybridized carbons (Fsp3) is 0.400. The van der Waals surface area contributed by atoms with Crippen molar-refractivity contribution in [1.82, 2.24) is 0 Å². The monoisotopic (exact) mass is 305 g/mol. The maximum Gasteiger partial charge on any atom is 0.328 e. The number of nitriles is 1. The van der Waals surface area contributed by atoms with Crippen molar-refractivity contribution in [2.75, 3.05) is 14.2 Å². The van der Waals surface area contributed by atoms with Gasteiger partial charge < -0.3 is 9.47 Å². The van der Waals surface area contributed by atoms with Crippen LogP contribution in [0.1, 0.15) is 6.42 Å². The second-order valence-electron chi connectivity index (χ2n) is 4.70. The van der Waals surface area contributed by atoms with Gasteiger partial charge in [0.25, 0.3) is 0 Å². The van der Waals surface area contributed by atoms with Gasteiger partial charge in [0.15, 0.2) is 5.41 Å². The van der Waals surface area contributed by atoms with Gasteiger partial charge >= 0.3 is 11.9 Å². The zero-order valence-corrected chi connectivity index (χ0v) is 12.6. The largest absolute Gasteiger partial charge is 0.469 e. The molecule has 0 aromatic heterocycles. The Morgan fingerprint density at radius 1 is 1.29 bits per heavy atom. The highest BCUT2D eigenvalue weighted by molar-refractivity contribution is 8.00. The molecular weight excluding hydrogens is 290 g/mol. The minimum atomic E-state index is -1.48. The molecule has 21 heavy (non-hydrogen) atoms. The molecule has 1 fully saturated rings. The van der Waals surface area contributed by atoms with Gasteiger partial charge in [-0.1, -0.05) is 18.2 Å². The molecule has 0 N–H and O–H groups in total. The van der Waals surface area contributed by atoms with Gasteiger partial charge in [0.05, 0.1) is 26.2 Å². The summed E-state index contributed by atoms with van der Waals surface area (Å²) in [5.41, 5.74) is -1.48. The summed E-state index contributed by atoms with van der Waals surface area (Å²) in [5.74, 6) is -2.01. The van der Waals surface area contributed by atoms with Crippen LogP contribution >= 0.6 is 11.8 Å². The number of rotatable bonds is 4. The van der Waals surface area contributed by atoms with Gasteiger partial charge in [0.1, 0.15) is 0 Å². The average Bonchev–Trinajstić information content (AvgIpc) is 2.52. The van der Waals surface area contributed by atoms with Gasteiger partial charge in [-0.05, 0) is 18.6 Å². The summed E-state index contributed by atoms with van der Waals surface area (Å²) < 4.78 is 9.46. The third-order valence-corrected chi connectivity index (χ3v) is 5.12. The summed E-state index contributed by atoms with van der Waals surface area (Å²) in [6.45, 7) is 0. The number of benzene rings is 1. The van der Waals surface area contributed by atoms with Crippen molar-refractivity contribution in [3.8, 4) is 6.07 Å². The zero-order chi connectivity index (χ0) is 15.5. The first kappa shape index (κ1) is 15.4. The molecule has 1 aromatic rings. The molecule has 1 unspecified atom stereocenters. The molecule has 0 amide bonds. The Bertz CT molecular complexity index is 583. The van der Waals surface area contributed by atoms with E-state index >= 15 is 0 Å². The predicted octanol–water partition coefficient (Wildman–Crippen LogP) is 2.02. The lowest BCUT2D eigenvalue weighted by Crippen LogP contribution is -2.59. The third-order valence-electron chi connectivity index (χ3n) is 3.72. The van der Waals surface area contributed by atoms with Gasteiger partial charge in [0.2, 0.25) is 0 Å². The van der Waals surface area contributed by atoms with Crippen molar-refractivity contribution in [2.24, 2.45) is 11.3 Å². The van der Waals surface area contributed by atoms with Crippen LogP contribution in [0.25, 0.3) is 0 Å². The smallest absolute Gasteiger partial charge is 0.328 e. The molecule has 1 saturated carbocycles. The van der Waals surface area contributed by atoms with Crippen molar-refractivity contribution in [1.29, 1.82) is 5.26 Å². The van der Waals surface area contributed by atoms with Crippen molar-refractivity contribution in [3.63, 3.8) is 0 Å². The van der Waals surface area contributed by atoms with Crippen molar-refractivity contribution < 1.29 is 19.1 Å². The van der Waals surface area contributed by atoms with E-state index in [2.05, 4.69) is 0 Å². The number of methoxy groups -OCH3 is 2. The molecule has 2 rings (SSSR count). The predicted molar refractivity (Wildman–Crippen MR) is 76.3 cm³/mol. The highest BCUT2D eigenvalue weighted by Crippen LogP contribution is 2.55. The summed E-state index contributed by atoms with van der Waals surface area (Å²) in [6, 6.07) is 11.5. The summed E-state index contributed by atoms with van der Waals surface area (Å²) in [4.78, 5) is 24.8. The molecule has 3 atom stereocenters. The van der Waals surface area contributed by atoms with E-state index in [1.165, 1.54) is 26.0 Å². The fourth-order valence-electron chi connectivity index (χ4n) is 2.52. The molecule has 1 aliphatic rings. The Hall–Kier alpha value is -2.00. The van der Waals surface area contributed by atoms with E-state index in [9.17, 15) is 14.9 Å². The minimum Gasteiger partial charge on any atom is -0.469 e. The summed E-state index contributed by atoms with van der Waals surface area (Å²) in [5, 5.41) is 9.20. The number of hydrogen-bond acceptors (Lipinski definition) is 6. The van der Waals surface area contributed by atoms with Crippen molar-refractivity contribution in [2.45, 2.75) is 16.6 Å². The van der Waals surface area contributed by atoms with Crippen LogP contribution < -0.4 is 0 Å². The first-order valence-corrected chi connectivity index (χ1v) is 7.27. The van der Waals surface area contributed by atoms with E-state index in [0.717, 1.165) is 4.90 Å². The van der Waals surface area contributed by atoms with E-state index in [-0.39, 0.29) is 5.25 Å². The number of nitrogens with zero attached hydrogens (tertiary/aromatic N) is 1. The maximum absolute atomic E-state index is 12.1. The first-order chi connectivity index (χ1) is 10.1. The topological polar surface area (TPSA) is 76.4 Å². The quantitative estimate of drug-likeness (QED) is 0.792. The van der Waals surface area contributed by atoms with Crippen LogP contribution in [-0.4, -0.2) is 31.4 Å². The van der Waals surface area contributed by atoms with Gasteiger partial charge in [-0.15, -0.1) is 11.8 Å². The number of carbonyl (C=O) groups excluding carboxylic acids is 2. The molecular formula is C15H15NO4S. The molecule has 5 nitrogen and oxygen atoms in total. The standard InChI is InChI=1S/C15H15NO4S/c1-19-13(17)11-8-12(15(11,9-16)14(18)20-2)21-10-6-4-3-5-7-10/h3-7,11-12H,8H2,1-2H3/t11-,12?,15-/m1/s1. The maximum atomic E-state index is 12.1. The van der Waals surface area contributed by atoms with Crippen LogP contribution in [0.4, 0.5) is 0 Å². The van der Waals surface area contributed by atoms with Crippen LogP contribution in [-0.2, 0) is 19.1 Å². The van der Waals surface area contributed by atoms with Crippen LogP contribution in [0.2, 0.25) is 0 Å². The highest BCUT2D eigenvalue weighted by atomic mass is 32.2. The van der Waals surface area contributed by atoms with E-state index in [1.807, 2.05) is 36.4 Å². The average molecular weight is 305 g/mol. The van der Waals surface area contributed by atoms with Gasteiger partial charge in [-0.3, -0.25) is 9.59 Å². The van der Waals surface area contributed by atoms with Crippen LogP contribution in [0.3, 0.4) is 0 Å². The fourth-order valence-corrected chi connectivity index (χ4v) is 3.95. The Morgan fingerprint density at radius 2 is 1.95 bits per heavy atom. The Balaban J connectivity index is 2.29.